The third kappa shape index (κ3) is 2.06. The van der Waals surface area contributed by atoms with Gasteiger partial charge in [-0.1, -0.05) is 0 Å². The van der Waals surface area contributed by atoms with Gasteiger partial charge in [0.05, 0.1) is 12.8 Å². The Hall–Kier alpha value is -2.10. The van der Waals surface area contributed by atoms with Crippen molar-refractivity contribution in [1.29, 1.82) is 0 Å². The van der Waals surface area contributed by atoms with Crippen LogP contribution < -0.4 is 10.5 Å². The van der Waals surface area contributed by atoms with Crippen LogP contribution in [0.3, 0.4) is 0 Å². The van der Waals surface area contributed by atoms with Gasteiger partial charge in [-0.2, -0.15) is 0 Å². The number of anilines is 1. The highest BCUT2D eigenvalue weighted by molar-refractivity contribution is 5.68. The molecule has 2 aromatic rings. The van der Waals surface area contributed by atoms with Crippen LogP contribution >= 0.6 is 0 Å². The lowest BCUT2D eigenvalue weighted by Gasteiger charge is -2.12. The van der Waals surface area contributed by atoms with Gasteiger partial charge >= 0.3 is 0 Å². The smallest absolute Gasteiger partial charge is 0.127 e. The first-order chi connectivity index (χ1) is 8.13. The van der Waals surface area contributed by atoms with Crippen molar-refractivity contribution in [3.8, 4) is 17.0 Å². The quantitative estimate of drug-likeness (QED) is 0.858. The molecule has 0 aliphatic heterocycles. The number of methoxy groups -OCH3 is 1. The maximum atomic E-state index is 5.66. The number of rotatable bonds is 2. The number of hydrogen-bond acceptors (Lipinski definition) is 4. The van der Waals surface area contributed by atoms with E-state index in [9.17, 15) is 0 Å². The van der Waals surface area contributed by atoms with E-state index in [1.165, 1.54) is 6.33 Å². The second-order valence-corrected chi connectivity index (χ2v) is 3.89. The van der Waals surface area contributed by atoms with E-state index in [4.69, 9.17) is 10.5 Å². The molecular formula is C13H15N3O. The average molecular weight is 229 g/mol. The Balaban J connectivity index is 2.57. The van der Waals surface area contributed by atoms with E-state index in [0.717, 1.165) is 28.1 Å². The molecule has 0 aliphatic rings. The fraction of sp³-hybridized carbons (Fsp3) is 0.231. The van der Waals surface area contributed by atoms with Crippen molar-refractivity contribution >= 4 is 5.82 Å². The van der Waals surface area contributed by atoms with Gasteiger partial charge in [0.25, 0.3) is 0 Å². The lowest BCUT2D eigenvalue weighted by atomic mass is 10.00. The average Bonchev–Trinajstić information content (AvgIpc) is 2.32. The first kappa shape index (κ1) is 11.4. The van der Waals surface area contributed by atoms with Crippen molar-refractivity contribution in [1.82, 2.24) is 9.97 Å². The molecule has 2 rings (SSSR count). The minimum absolute atomic E-state index is 0.475. The summed E-state index contributed by atoms with van der Waals surface area (Å²) in [6.45, 7) is 4.08. The van der Waals surface area contributed by atoms with E-state index in [1.807, 2.05) is 26.0 Å². The summed E-state index contributed by atoms with van der Waals surface area (Å²) < 4.78 is 5.28. The summed E-state index contributed by atoms with van der Waals surface area (Å²) >= 11 is 0. The third-order valence-corrected chi connectivity index (χ3v) is 2.92. The summed E-state index contributed by atoms with van der Waals surface area (Å²) in [5.74, 6) is 1.36. The van der Waals surface area contributed by atoms with Crippen molar-refractivity contribution in [3.63, 3.8) is 0 Å². The number of benzene rings is 1. The summed E-state index contributed by atoms with van der Waals surface area (Å²) in [5.41, 5.74) is 9.81. The van der Waals surface area contributed by atoms with Crippen LogP contribution in [0.1, 0.15) is 11.1 Å². The molecule has 0 saturated carbocycles. The summed E-state index contributed by atoms with van der Waals surface area (Å²) in [5, 5.41) is 0. The van der Waals surface area contributed by atoms with Gasteiger partial charge in [0.2, 0.25) is 0 Å². The van der Waals surface area contributed by atoms with Crippen LogP contribution in [0.5, 0.6) is 5.75 Å². The van der Waals surface area contributed by atoms with E-state index in [1.54, 1.807) is 13.2 Å². The molecular weight excluding hydrogens is 214 g/mol. The van der Waals surface area contributed by atoms with Gasteiger partial charge in [-0.25, -0.2) is 9.97 Å². The molecule has 88 valence electrons. The van der Waals surface area contributed by atoms with Gasteiger partial charge in [0.15, 0.2) is 0 Å². The first-order valence-corrected chi connectivity index (χ1v) is 5.35. The zero-order valence-corrected chi connectivity index (χ0v) is 10.2. The fourth-order valence-electron chi connectivity index (χ4n) is 1.81. The zero-order valence-electron chi connectivity index (χ0n) is 10.2. The number of nitrogen functional groups attached to an aromatic ring is 1. The molecule has 0 atom stereocenters. The number of ether oxygens (including phenoxy) is 1. The van der Waals surface area contributed by atoms with Crippen LogP contribution in [0.15, 0.2) is 24.5 Å². The molecule has 0 radical (unpaired) electrons. The standard InChI is InChI=1S/C13H15N3O/c1-8-9(2)12(17-3)5-4-10(8)11-6-13(14)16-7-15-11/h4-7H,1-3H3,(H2,14,15,16). The monoisotopic (exact) mass is 229 g/mol. The summed E-state index contributed by atoms with van der Waals surface area (Å²) in [6.07, 6.45) is 1.48. The molecule has 0 saturated heterocycles. The molecule has 2 N–H and O–H groups in total. The summed E-state index contributed by atoms with van der Waals surface area (Å²) in [4.78, 5) is 8.13. The Bertz CT molecular complexity index is 552. The normalized spacial score (nSPS) is 10.3. The minimum atomic E-state index is 0.475. The predicted molar refractivity (Wildman–Crippen MR) is 67.9 cm³/mol. The van der Waals surface area contributed by atoms with Crippen molar-refractivity contribution in [3.05, 3.63) is 35.7 Å². The molecule has 4 heteroatoms. The van der Waals surface area contributed by atoms with Crippen LogP contribution in [-0.4, -0.2) is 17.1 Å². The van der Waals surface area contributed by atoms with Crippen LogP contribution in [0.4, 0.5) is 5.82 Å². The van der Waals surface area contributed by atoms with E-state index >= 15 is 0 Å². The van der Waals surface area contributed by atoms with Crippen molar-refractivity contribution < 1.29 is 4.74 Å². The summed E-state index contributed by atoms with van der Waals surface area (Å²) in [7, 11) is 1.67. The predicted octanol–water partition coefficient (Wildman–Crippen LogP) is 2.35. The highest BCUT2D eigenvalue weighted by Gasteiger charge is 2.09. The SMILES string of the molecule is COc1ccc(-c2cc(N)ncn2)c(C)c1C. The van der Waals surface area contributed by atoms with Crippen LogP contribution in [0.25, 0.3) is 11.3 Å². The van der Waals surface area contributed by atoms with Crippen LogP contribution in [-0.2, 0) is 0 Å². The Labute approximate surface area is 100 Å². The van der Waals surface area contributed by atoms with Gasteiger partial charge in [0, 0.05) is 11.6 Å². The molecule has 1 aromatic heterocycles. The lowest BCUT2D eigenvalue weighted by molar-refractivity contribution is 0.411. The van der Waals surface area contributed by atoms with Gasteiger partial charge in [0.1, 0.15) is 17.9 Å². The fourth-order valence-corrected chi connectivity index (χ4v) is 1.81. The second-order valence-electron chi connectivity index (χ2n) is 3.89. The van der Waals surface area contributed by atoms with Gasteiger partial charge in [-0.15, -0.1) is 0 Å². The molecule has 0 unspecified atom stereocenters. The molecule has 0 spiro atoms. The maximum Gasteiger partial charge on any atom is 0.127 e. The van der Waals surface area contributed by atoms with E-state index < -0.39 is 0 Å². The second kappa shape index (κ2) is 4.41. The molecule has 0 fully saturated rings. The van der Waals surface area contributed by atoms with E-state index in [0.29, 0.717) is 5.82 Å². The lowest BCUT2D eigenvalue weighted by Crippen LogP contribution is -1.96. The first-order valence-electron chi connectivity index (χ1n) is 5.35. The Kier molecular flexibility index (Phi) is 2.95. The highest BCUT2D eigenvalue weighted by atomic mass is 16.5. The molecule has 1 aromatic carbocycles. The molecule has 0 amide bonds. The molecule has 4 nitrogen and oxygen atoms in total. The van der Waals surface area contributed by atoms with E-state index in [2.05, 4.69) is 9.97 Å². The Morgan fingerprint density at radius 1 is 1.12 bits per heavy atom. The van der Waals surface area contributed by atoms with Crippen LogP contribution in [0, 0.1) is 13.8 Å². The molecule has 1 heterocycles. The van der Waals surface area contributed by atoms with Gasteiger partial charge in [-0.05, 0) is 37.1 Å². The number of aromatic nitrogens is 2. The van der Waals surface area contributed by atoms with Gasteiger partial charge < -0.3 is 10.5 Å². The zero-order chi connectivity index (χ0) is 12.4. The summed E-state index contributed by atoms with van der Waals surface area (Å²) in [6, 6.07) is 5.70. The highest BCUT2D eigenvalue weighted by Crippen LogP contribution is 2.30. The largest absolute Gasteiger partial charge is 0.496 e. The molecule has 0 bridgehead atoms. The van der Waals surface area contributed by atoms with Gasteiger partial charge in [-0.3, -0.25) is 0 Å². The number of hydrogen-bond donors (Lipinski definition) is 1. The topological polar surface area (TPSA) is 61.0 Å². The van der Waals surface area contributed by atoms with Crippen LogP contribution in [0.2, 0.25) is 0 Å². The number of nitrogens with two attached hydrogens (primary N) is 1. The van der Waals surface area contributed by atoms with Crippen molar-refractivity contribution in [2.24, 2.45) is 0 Å². The molecule has 0 aliphatic carbocycles. The Morgan fingerprint density at radius 3 is 2.53 bits per heavy atom. The Morgan fingerprint density at radius 2 is 1.88 bits per heavy atom. The minimum Gasteiger partial charge on any atom is -0.496 e. The van der Waals surface area contributed by atoms with E-state index in [-0.39, 0.29) is 0 Å². The molecule has 17 heavy (non-hydrogen) atoms. The van der Waals surface area contributed by atoms with Crippen molar-refractivity contribution in [2.45, 2.75) is 13.8 Å². The maximum absolute atomic E-state index is 5.66. The number of nitrogens with zero attached hydrogens (tertiary/aromatic N) is 2. The van der Waals surface area contributed by atoms with Crippen molar-refractivity contribution in [2.75, 3.05) is 12.8 Å². The third-order valence-electron chi connectivity index (χ3n) is 2.92.